The van der Waals surface area contributed by atoms with Gasteiger partial charge in [0.15, 0.2) is 0 Å². The number of hydrogen-bond donors (Lipinski definition) is 2. The lowest BCUT2D eigenvalue weighted by Crippen LogP contribution is -2.40. The molecule has 1 fully saturated rings. The van der Waals surface area contributed by atoms with E-state index in [1.54, 1.807) is 24.3 Å². The van der Waals surface area contributed by atoms with Gasteiger partial charge in [-0.05, 0) is 31.0 Å². The Morgan fingerprint density at radius 2 is 2.22 bits per heavy atom. The molecule has 23 heavy (non-hydrogen) atoms. The van der Waals surface area contributed by atoms with Crippen LogP contribution in [0.3, 0.4) is 0 Å². The number of nitrogens with zero attached hydrogens (tertiary/aromatic N) is 1. The maximum absolute atomic E-state index is 12.4. The normalized spacial score (nSPS) is 17.9. The lowest BCUT2D eigenvalue weighted by molar-refractivity contribution is 0.0936. The van der Waals surface area contributed by atoms with E-state index in [0.717, 1.165) is 19.3 Å². The van der Waals surface area contributed by atoms with Crippen molar-refractivity contribution < 1.29 is 13.2 Å². The van der Waals surface area contributed by atoms with Crippen LogP contribution in [0.2, 0.25) is 0 Å². The Labute approximate surface area is 138 Å². The summed E-state index contributed by atoms with van der Waals surface area (Å²) in [7, 11) is -3.24. The van der Waals surface area contributed by atoms with Gasteiger partial charge in [0.2, 0.25) is 10.0 Å². The summed E-state index contributed by atoms with van der Waals surface area (Å²) in [5.74, 6) is -0.0506. The second kappa shape index (κ2) is 7.79. The summed E-state index contributed by atoms with van der Waals surface area (Å²) < 4.78 is 25.4. The number of sulfonamides is 1. The monoisotopic (exact) mass is 339 g/mol. The van der Waals surface area contributed by atoms with E-state index in [1.807, 2.05) is 0 Å². The Bertz CT molecular complexity index is 646. The van der Waals surface area contributed by atoms with Crippen molar-refractivity contribution in [2.75, 3.05) is 23.1 Å². The average Bonchev–Trinajstić information content (AvgIpc) is 2.90. The number of hydrogen-bond acceptors (Lipinski definition) is 4. The van der Waals surface area contributed by atoms with Crippen LogP contribution in [0, 0.1) is 0 Å². The highest BCUT2D eigenvalue weighted by atomic mass is 32.2. The Morgan fingerprint density at radius 1 is 1.43 bits per heavy atom. The molecule has 1 aliphatic rings. The van der Waals surface area contributed by atoms with E-state index in [2.05, 4.69) is 12.2 Å². The third-order valence-corrected chi connectivity index (χ3v) is 5.89. The molecule has 0 radical (unpaired) electrons. The van der Waals surface area contributed by atoms with Crippen molar-refractivity contribution in [1.82, 2.24) is 5.32 Å². The SMILES string of the molecule is CCCCC(CN)NC(=O)c1cccc(N2CCCS2(=O)=O)c1. The van der Waals surface area contributed by atoms with Crippen molar-refractivity contribution >= 4 is 21.6 Å². The highest BCUT2D eigenvalue weighted by Gasteiger charge is 2.28. The van der Waals surface area contributed by atoms with Crippen LogP contribution in [0.4, 0.5) is 5.69 Å². The van der Waals surface area contributed by atoms with Gasteiger partial charge in [-0.1, -0.05) is 25.8 Å². The van der Waals surface area contributed by atoms with Crippen LogP contribution in [0.1, 0.15) is 43.0 Å². The fourth-order valence-electron chi connectivity index (χ4n) is 2.70. The Hall–Kier alpha value is -1.60. The first-order valence-corrected chi connectivity index (χ1v) is 9.70. The summed E-state index contributed by atoms with van der Waals surface area (Å²) in [6.07, 6.45) is 3.52. The smallest absolute Gasteiger partial charge is 0.251 e. The predicted octanol–water partition coefficient (Wildman–Crippen LogP) is 1.47. The highest BCUT2D eigenvalue weighted by Crippen LogP contribution is 2.24. The van der Waals surface area contributed by atoms with E-state index >= 15 is 0 Å². The summed E-state index contributed by atoms with van der Waals surface area (Å²) in [6, 6.07) is 6.70. The molecule has 6 nitrogen and oxygen atoms in total. The number of unbranched alkanes of at least 4 members (excludes halogenated alkanes) is 1. The fourth-order valence-corrected chi connectivity index (χ4v) is 4.26. The number of rotatable bonds is 7. The molecule has 0 aliphatic carbocycles. The van der Waals surface area contributed by atoms with E-state index in [0.29, 0.717) is 30.8 Å². The molecule has 1 atom stereocenters. The zero-order chi connectivity index (χ0) is 16.9. The van der Waals surface area contributed by atoms with Gasteiger partial charge in [-0.15, -0.1) is 0 Å². The quantitative estimate of drug-likeness (QED) is 0.787. The first-order chi connectivity index (χ1) is 11.0. The molecule has 1 heterocycles. The minimum Gasteiger partial charge on any atom is -0.348 e. The van der Waals surface area contributed by atoms with Crippen molar-refractivity contribution in [3.63, 3.8) is 0 Å². The van der Waals surface area contributed by atoms with Crippen LogP contribution < -0.4 is 15.4 Å². The number of amides is 1. The second-order valence-corrected chi connectivity index (χ2v) is 7.85. The molecule has 128 valence electrons. The van der Waals surface area contributed by atoms with Gasteiger partial charge in [0.25, 0.3) is 5.91 Å². The first kappa shape index (κ1) is 17.7. The number of carbonyl (C=O) groups excluding carboxylic acids is 1. The van der Waals surface area contributed by atoms with Crippen molar-refractivity contribution in [2.24, 2.45) is 5.73 Å². The van der Waals surface area contributed by atoms with Crippen molar-refractivity contribution in [1.29, 1.82) is 0 Å². The summed E-state index contributed by atoms with van der Waals surface area (Å²) in [5.41, 5.74) is 6.71. The number of nitrogens with two attached hydrogens (primary N) is 1. The van der Waals surface area contributed by atoms with Gasteiger partial charge in [0.1, 0.15) is 0 Å². The molecule has 1 saturated heterocycles. The summed E-state index contributed by atoms with van der Waals surface area (Å²) in [6.45, 7) is 2.95. The maximum atomic E-state index is 12.4. The van der Waals surface area contributed by atoms with Crippen LogP contribution in [-0.4, -0.2) is 39.2 Å². The first-order valence-electron chi connectivity index (χ1n) is 8.09. The molecule has 0 saturated carbocycles. The maximum Gasteiger partial charge on any atom is 0.251 e. The van der Waals surface area contributed by atoms with Crippen LogP contribution in [0.25, 0.3) is 0 Å². The molecular formula is C16H25N3O3S. The number of nitrogens with one attached hydrogen (secondary N) is 1. The number of benzene rings is 1. The number of anilines is 1. The van der Waals surface area contributed by atoms with Gasteiger partial charge < -0.3 is 11.1 Å². The highest BCUT2D eigenvalue weighted by molar-refractivity contribution is 7.93. The van der Waals surface area contributed by atoms with Crippen LogP contribution in [0.15, 0.2) is 24.3 Å². The van der Waals surface area contributed by atoms with Gasteiger partial charge in [0.05, 0.1) is 11.4 Å². The predicted molar refractivity (Wildman–Crippen MR) is 92.0 cm³/mol. The standard InChI is InChI=1S/C16H25N3O3S/c1-2-3-7-14(12-17)18-16(20)13-6-4-8-15(11-13)19-9-5-10-23(19,21)22/h4,6,8,11,14H,2-3,5,7,9-10,12,17H2,1H3,(H,18,20). The summed E-state index contributed by atoms with van der Waals surface area (Å²) in [4.78, 5) is 12.4. The molecule has 1 amide bonds. The molecule has 3 N–H and O–H groups in total. The molecule has 0 spiro atoms. The lowest BCUT2D eigenvalue weighted by atomic mass is 10.1. The van der Waals surface area contributed by atoms with Crippen LogP contribution in [-0.2, 0) is 10.0 Å². The molecule has 1 unspecified atom stereocenters. The van der Waals surface area contributed by atoms with E-state index in [1.165, 1.54) is 4.31 Å². The summed E-state index contributed by atoms with van der Waals surface area (Å²) in [5, 5.41) is 2.92. The average molecular weight is 339 g/mol. The minimum absolute atomic E-state index is 0.0541. The lowest BCUT2D eigenvalue weighted by Gasteiger charge is -2.19. The molecule has 1 aliphatic heterocycles. The fraction of sp³-hybridized carbons (Fsp3) is 0.562. The molecule has 1 aromatic rings. The topological polar surface area (TPSA) is 92.5 Å². The Balaban J connectivity index is 2.11. The van der Waals surface area contributed by atoms with Crippen molar-refractivity contribution in [3.05, 3.63) is 29.8 Å². The van der Waals surface area contributed by atoms with Gasteiger partial charge in [0, 0.05) is 24.7 Å². The van der Waals surface area contributed by atoms with E-state index in [-0.39, 0.29) is 17.7 Å². The van der Waals surface area contributed by atoms with E-state index < -0.39 is 10.0 Å². The number of carbonyl (C=O) groups is 1. The second-order valence-electron chi connectivity index (χ2n) is 5.84. The van der Waals surface area contributed by atoms with Crippen LogP contribution >= 0.6 is 0 Å². The van der Waals surface area contributed by atoms with Gasteiger partial charge in [-0.25, -0.2) is 8.42 Å². The van der Waals surface area contributed by atoms with Gasteiger partial charge in [-0.3, -0.25) is 9.10 Å². The van der Waals surface area contributed by atoms with Gasteiger partial charge >= 0.3 is 0 Å². The molecule has 7 heteroatoms. The summed E-state index contributed by atoms with van der Waals surface area (Å²) >= 11 is 0. The molecule has 0 bridgehead atoms. The largest absolute Gasteiger partial charge is 0.348 e. The van der Waals surface area contributed by atoms with Crippen molar-refractivity contribution in [2.45, 2.75) is 38.6 Å². The van der Waals surface area contributed by atoms with Crippen molar-refractivity contribution in [3.8, 4) is 0 Å². The van der Waals surface area contributed by atoms with Crippen LogP contribution in [0.5, 0.6) is 0 Å². The van der Waals surface area contributed by atoms with E-state index in [9.17, 15) is 13.2 Å². The zero-order valence-electron chi connectivity index (χ0n) is 13.5. The van der Waals surface area contributed by atoms with E-state index in [4.69, 9.17) is 5.73 Å². The Kier molecular flexibility index (Phi) is 6.01. The molecule has 1 aromatic carbocycles. The zero-order valence-corrected chi connectivity index (χ0v) is 14.3. The molecule has 2 rings (SSSR count). The third-order valence-electron chi connectivity index (χ3n) is 4.02. The Morgan fingerprint density at radius 3 is 2.83 bits per heavy atom. The van der Waals surface area contributed by atoms with Gasteiger partial charge in [-0.2, -0.15) is 0 Å². The molecular weight excluding hydrogens is 314 g/mol. The minimum atomic E-state index is -3.24. The third kappa shape index (κ3) is 4.45. The molecule has 0 aromatic heterocycles.